The SMILES string of the molecule is CC(=O)N(CCC(=O)O)c1ccc(S(N)(=O)=O)cc1. The third-order valence-electron chi connectivity index (χ3n) is 2.41. The zero-order chi connectivity index (χ0) is 14.6. The molecule has 0 atom stereocenters. The summed E-state index contributed by atoms with van der Waals surface area (Å²) in [5, 5.41) is 13.6. The number of carbonyl (C=O) groups excluding carboxylic acids is 1. The van der Waals surface area contributed by atoms with Crippen LogP contribution < -0.4 is 10.0 Å². The Morgan fingerprint density at radius 3 is 2.16 bits per heavy atom. The fraction of sp³-hybridized carbons (Fsp3) is 0.273. The third-order valence-corrected chi connectivity index (χ3v) is 3.34. The summed E-state index contributed by atoms with van der Waals surface area (Å²) in [5.41, 5.74) is 0.418. The van der Waals surface area contributed by atoms with Gasteiger partial charge in [-0.15, -0.1) is 0 Å². The number of sulfonamides is 1. The average molecular weight is 286 g/mol. The van der Waals surface area contributed by atoms with Crippen molar-refractivity contribution >= 4 is 27.6 Å². The maximum Gasteiger partial charge on any atom is 0.305 e. The van der Waals surface area contributed by atoms with E-state index in [-0.39, 0.29) is 23.8 Å². The summed E-state index contributed by atoms with van der Waals surface area (Å²) in [6.45, 7) is 1.31. The molecule has 0 aliphatic rings. The van der Waals surface area contributed by atoms with Gasteiger partial charge in [-0.3, -0.25) is 9.59 Å². The number of amides is 1. The first kappa shape index (κ1) is 15.1. The Morgan fingerprint density at radius 1 is 1.26 bits per heavy atom. The zero-order valence-corrected chi connectivity index (χ0v) is 11.1. The monoisotopic (exact) mass is 286 g/mol. The molecule has 3 N–H and O–H groups in total. The summed E-state index contributed by atoms with van der Waals surface area (Å²) < 4.78 is 22.2. The Bertz CT molecular complexity index is 580. The van der Waals surface area contributed by atoms with Gasteiger partial charge in [0.2, 0.25) is 15.9 Å². The number of aliphatic carboxylic acids is 1. The normalized spacial score (nSPS) is 11.1. The van der Waals surface area contributed by atoms with Crippen molar-refractivity contribution in [3.05, 3.63) is 24.3 Å². The van der Waals surface area contributed by atoms with E-state index in [0.29, 0.717) is 5.69 Å². The number of nitrogens with two attached hydrogens (primary N) is 1. The fourth-order valence-corrected chi connectivity index (χ4v) is 2.01. The number of carboxylic acids is 1. The van der Waals surface area contributed by atoms with Crippen molar-refractivity contribution in [3.63, 3.8) is 0 Å². The molecule has 1 aromatic rings. The Morgan fingerprint density at radius 2 is 1.79 bits per heavy atom. The van der Waals surface area contributed by atoms with Crippen molar-refractivity contribution < 1.29 is 23.1 Å². The van der Waals surface area contributed by atoms with Crippen LogP contribution in [0.15, 0.2) is 29.2 Å². The van der Waals surface area contributed by atoms with Crippen molar-refractivity contribution in [1.29, 1.82) is 0 Å². The van der Waals surface area contributed by atoms with E-state index in [2.05, 4.69) is 0 Å². The van der Waals surface area contributed by atoms with Crippen LogP contribution in [0.1, 0.15) is 13.3 Å². The molecule has 1 rings (SSSR count). The van der Waals surface area contributed by atoms with Crippen LogP contribution in [0.5, 0.6) is 0 Å². The molecule has 0 aliphatic heterocycles. The molecule has 104 valence electrons. The zero-order valence-electron chi connectivity index (χ0n) is 10.2. The highest BCUT2D eigenvalue weighted by Crippen LogP contribution is 2.17. The predicted octanol–water partition coefficient (Wildman–Crippen LogP) is 0.162. The largest absolute Gasteiger partial charge is 0.481 e. The van der Waals surface area contributed by atoms with Gasteiger partial charge in [0.15, 0.2) is 0 Å². The summed E-state index contributed by atoms with van der Waals surface area (Å²) in [4.78, 5) is 23.1. The van der Waals surface area contributed by atoms with Gasteiger partial charge < -0.3 is 10.0 Å². The first-order valence-electron chi connectivity index (χ1n) is 5.34. The Labute approximate surface area is 110 Å². The van der Waals surface area contributed by atoms with Gasteiger partial charge in [-0.1, -0.05) is 0 Å². The van der Waals surface area contributed by atoms with Crippen molar-refractivity contribution in [2.24, 2.45) is 5.14 Å². The number of anilines is 1. The molecule has 7 nitrogen and oxygen atoms in total. The molecule has 19 heavy (non-hydrogen) atoms. The molecular formula is C11H14N2O5S. The maximum absolute atomic E-state index is 11.4. The average Bonchev–Trinajstić information content (AvgIpc) is 2.27. The highest BCUT2D eigenvalue weighted by atomic mass is 32.2. The Kier molecular flexibility index (Phi) is 4.62. The number of carboxylic acid groups (broad SMARTS) is 1. The molecule has 0 bridgehead atoms. The summed E-state index contributed by atoms with van der Waals surface area (Å²) in [7, 11) is -3.79. The van der Waals surface area contributed by atoms with E-state index in [1.807, 2.05) is 0 Å². The lowest BCUT2D eigenvalue weighted by atomic mass is 10.2. The van der Waals surface area contributed by atoms with Gasteiger partial charge in [0.05, 0.1) is 11.3 Å². The van der Waals surface area contributed by atoms with Crippen LogP contribution in [-0.2, 0) is 19.6 Å². The Balaban J connectivity index is 2.98. The van der Waals surface area contributed by atoms with E-state index < -0.39 is 16.0 Å². The van der Waals surface area contributed by atoms with Crippen molar-refractivity contribution in [2.45, 2.75) is 18.2 Å². The van der Waals surface area contributed by atoms with E-state index in [9.17, 15) is 18.0 Å². The van der Waals surface area contributed by atoms with Crippen LogP contribution in [0.3, 0.4) is 0 Å². The minimum atomic E-state index is -3.79. The molecule has 1 amide bonds. The molecule has 0 fully saturated rings. The van der Waals surface area contributed by atoms with Crippen LogP contribution in [0, 0.1) is 0 Å². The van der Waals surface area contributed by atoms with Gasteiger partial charge >= 0.3 is 5.97 Å². The summed E-state index contributed by atoms with van der Waals surface area (Å²) >= 11 is 0. The predicted molar refractivity (Wildman–Crippen MR) is 68.1 cm³/mol. The van der Waals surface area contributed by atoms with Gasteiger partial charge in [-0.05, 0) is 24.3 Å². The second-order valence-corrected chi connectivity index (χ2v) is 5.41. The van der Waals surface area contributed by atoms with Crippen LogP contribution >= 0.6 is 0 Å². The topological polar surface area (TPSA) is 118 Å². The number of rotatable bonds is 5. The van der Waals surface area contributed by atoms with Gasteiger partial charge in [-0.2, -0.15) is 0 Å². The van der Waals surface area contributed by atoms with Gasteiger partial charge in [0.25, 0.3) is 0 Å². The molecule has 0 radical (unpaired) electrons. The number of nitrogens with zero attached hydrogens (tertiary/aromatic N) is 1. The Hall–Kier alpha value is -1.93. The minimum Gasteiger partial charge on any atom is -0.481 e. The van der Waals surface area contributed by atoms with E-state index in [1.54, 1.807) is 0 Å². The highest BCUT2D eigenvalue weighted by Gasteiger charge is 2.14. The van der Waals surface area contributed by atoms with E-state index in [1.165, 1.54) is 36.1 Å². The van der Waals surface area contributed by atoms with Crippen LogP contribution in [0.25, 0.3) is 0 Å². The molecule has 0 spiro atoms. The molecule has 0 saturated heterocycles. The molecular weight excluding hydrogens is 272 g/mol. The number of carbonyl (C=O) groups is 2. The fourth-order valence-electron chi connectivity index (χ4n) is 1.49. The van der Waals surface area contributed by atoms with Gasteiger partial charge in [0.1, 0.15) is 0 Å². The van der Waals surface area contributed by atoms with Crippen molar-refractivity contribution in [2.75, 3.05) is 11.4 Å². The van der Waals surface area contributed by atoms with Crippen LogP contribution in [0.2, 0.25) is 0 Å². The first-order chi connectivity index (χ1) is 8.71. The number of primary sulfonamides is 1. The maximum atomic E-state index is 11.4. The smallest absolute Gasteiger partial charge is 0.305 e. The first-order valence-corrected chi connectivity index (χ1v) is 6.89. The van der Waals surface area contributed by atoms with Gasteiger partial charge in [-0.25, -0.2) is 13.6 Å². The minimum absolute atomic E-state index is 0.0133. The molecule has 0 unspecified atom stereocenters. The molecule has 0 aromatic heterocycles. The lowest BCUT2D eigenvalue weighted by Crippen LogP contribution is -2.30. The number of hydrogen-bond donors (Lipinski definition) is 2. The molecule has 8 heteroatoms. The second-order valence-electron chi connectivity index (χ2n) is 3.85. The van der Waals surface area contributed by atoms with E-state index >= 15 is 0 Å². The number of hydrogen-bond acceptors (Lipinski definition) is 4. The third kappa shape index (κ3) is 4.34. The van der Waals surface area contributed by atoms with E-state index in [4.69, 9.17) is 10.2 Å². The van der Waals surface area contributed by atoms with Gasteiger partial charge in [0, 0.05) is 19.2 Å². The second kappa shape index (κ2) is 5.81. The molecule has 0 heterocycles. The van der Waals surface area contributed by atoms with Crippen LogP contribution in [0.4, 0.5) is 5.69 Å². The molecule has 0 aliphatic carbocycles. The highest BCUT2D eigenvalue weighted by molar-refractivity contribution is 7.89. The quantitative estimate of drug-likeness (QED) is 0.799. The lowest BCUT2D eigenvalue weighted by Gasteiger charge is -2.20. The summed E-state index contributed by atoms with van der Waals surface area (Å²) in [6, 6.07) is 5.34. The van der Waals surface area contributed by atoms with Crippen molar-refractivity contribution in [3.8, 4) is 0 Å². The van der Waals surface area contributed by atoms with Crippen molar-refractivity contribution in [1.82, 2.24) is 0 Å². The van der Waals surface area contributed by atoms with Crippen LogP contribution in [-0.4, -0.2) is 31.9 Å². The number of benzene rings is 1. The standard InChI is InChI=1S/C11H14N2O5S/c1-8(14)13(7-6-11(15)16)9-2-4-10(5-3-9)19(12,17)18/h2-5H,6-7H2,1H3,(H,15,16)(H2,12,17,18). The molecule has 1 aromatic carbocycles. The summed E-state index contributed by atoms with van der Waals surface area (Å²) in [5.74, 6) is -1.35. The summed E-state index contributed by atoms with van der Waals surface area (Å²) in [6.07, 6.45) is -0.198. The lowest BCUT2D eigenvalue weighted by molar-refractivity contribution is -0.136. The van der Waals surface area contributed by atoms with E-state index in [0.717, 1.165) is 0 Å². The molecule has 0 saturated carbocycles.